The molecule has 0 spiro atoms. The van der Waals surface area contributed by atoms with Crippen LogP contribution in [0.25, 0.3) is 22.5 Å². The van der Waals surface area contributed by atoms with Crippen molar-refractivity contribution in [3.63, 3.8) is 0 Å². The fourth-order valence-electron chi connectivity index (χ4n) is 3.90. The van der Waals surface area contributed by atoms with Gasteiger partial charge < -0.3 is 23.9 Å². The molecule has 1 aliphatic rings. The van der Waals surface area contributed by atoms with Gasteiger partial charge in [-0.1, -0.05) is 24.3 Å². The number of hydrogen-bond donors (Lipinski definition) is 1. The quantitative estimate of drug-likeness (QED) is 0.439. The molecule has 1 aromatic carbocycles. The van der Waals surface area contributed by atoms with Gasteiger partial charge in [0.25, 0.3) is 5.91 Å². The number of aromatic nitrogens is 4. The number of furan rings is 1. The fourth-order valence-corrected chi connectivity index (χ4v) is 3.90. The van der Waals surface area contributed by atoms with Gasteiger partial charge >= 0.3 is 12.1 Å². The standard InChI is InChI=1S/C22H22N6O2.C2HF3O2/c1-26(2)13-16-15-7-3-4-9-18(15)30-20(16)22(29)27-11-12-28-19(14-27)24-25-21(28)17-8-5-6-10-23-17;3-2(4,5)1(6)7/h3-10H,11-14H2,1-2H3;(H,6,7). The first kappa shape index (κ1) is 25.8. The third-order valence-electron chi connectivity index (χ3n) is 5.54. The van der Waals surface area contributed by atoms with Gasteiger partial charge in [-0.05, 0) is 32.3 Å². The molecule has 10 nitrogen and oxygen atoms in total. The van der Waals surface area contributed by atoms with Crippen molar-refractivity contribution in [2.45, 2.75) is 25.8 Å². The second-order valence-electron chi connectivity index (χ2n) is 8.48. The van der Waals surface area contributed by atoms with Crippen molar-refractivity contribution in [2.75, 3.05) is 20.6 Å². The van der Waals surface area contributed by atoms with E-state index in [1.54, 1.807) is 11.1 Å². The summed E-state index contributed by atoms with van der Waals surface area (Å²) in [6.45, 7) is 2.19. The Bertz CT molecular complexity index is 1420. The highest BCUT2D eigenvalue weighted by Crippen LogP contribution is 2.29. The van der Waals surface area contributed by atoms with Crippen LogP contribution in [0.3, 0.4) is 0 Å². The molecular formula is C24H23F3N6O4. The van der Waals surface area contributed by atoms with E-state index in [4.69, 9.17) is 14.3 Å². The second-order valence-corrected chi connectivity index (χ2v) is 8.48. The number of fused-ring (bicyclic) bond motifs is 2. The molecule has 4 aromatic rings. The first-order valence-corrected chi connectivity index (χ1v) is 11.1. The minimum absolute atomic E-state index is 0.114. The number of benzene rings is 1. The lowest BCUT2D eigenvalue weighted by atomic mass is 10.1. The first-order valence-electron chi connectivity index (χ1n) is 11.1. The van der Waals surface area contributed by atoms with Crippen molar-refractivity contribution in [1.82, 2.24) is 29.5 Å². The Morgan fingerprint density at radius 1 is 1.08 bits per heavy atom. The fraction of sp³-hybridized carbons (Fsp3) is 0.292. The van der Waals surface area contributed by atoms with Crippen molar-refractivity contribution in [3.05, 3.63) is 65.8 Å². The monoisotopic (exact) mass is 516 g/mol. The molecule has 37 heavy (non-hydrogen) atoms. The number of amides is 1. The molecule has 194 valence electrons. The number of nitrogens with zero attached hydrogens (tertiary/aromatic N) is 6. The molecule has 1 N–H and O–H groups in total. The number of carbonyl (C=O) groups is 2. The van der Waals surface area contributed by atoms with Gasteiger partial charge in [-0.15, -0.1) is 10.2 Å². The lowest BCUT2D eigenvalue weighted by Crippen LogP contribution is -2.39. The topological polar surface area (TPSA) is 118 Å². The molecule has 0 aliphatic carbocycles. The van der Waals surface area contributed by atoms with E-state index in [0.29, 0.717) is 31.9 Å². The summed E-state index contributed by atoms with van der Waals surface area (Å²) in [7, 11) is 3.97. The predicted molar refractivity (Wildman–Crippen MR) is 125 cm³/mol. The van der Waals surface area contributed by atoms with E-state index in [0.717, 1.165) is 33.9 Å². The van der Waals surface area contributed by atoms with E-state index in [2.05, 4.69) is 15.2 Å². The van der Waals surface area contributed by atoms with E-state index >= 15 is 0 Å². The molecule has 5 rings (SSSR count). The SMILES string of the molecule is CN(C)Cc1c(C(=O)N2CCn3c(nnc3-c3ccccn3)C2)oc2ccccc12.O=C(O)C(F)(F)F. The van der Waals surface area contributed by atoms with Crippen LogP contribution in [0, 0.1) is 0 Å². The lowest BCUT2D eigenvalue weighted by molar-refractivity contribution is -0.192. The number of carboxylic acid groups (broad SMARTS) is 1. The highest BCUT2D eigenvalue weighted by atomic mass is 19.4. The maximum absolute atomic E-state index is 13.4. The number of carbonyl (C=O) groups excluding carboxylic acids is 1. The largest absolute Gasteiger partial charge is 0.490 e. The van der Waals surface area contributed by atoms with E-state index < -0.39 is 12.1 Å². The molecule has 0 saturated heterocycles. The molecule has 1 amide bonds. The average molecular weight is 516 g/mol. The van der Waals surface area contributed by atoms with Crippen LogP contribution in [-0.4, -0.2) is 73.3 Å². The summed E-state index contributed by atoms with van der Waals surface area (Å²) in [4.78, 5) is 30.5. The summed E-state index contributed by atoms with van der Waals surface area (Å²) in [5.74, 6) is -0.984. The summed E-state index contributed by atoms with van der Waals surface area (Å²) >= 11 is 0. The van der Waals surface area contributed by atoms with Crippen LogP contribution in [0.1, 0.15) is 21.9 Å². The van der Waals surface area contributed by atoms with Crippen LogP contribution in [0.2, 0.25) is 0 Å². The normalized spacial score (nSPS) is 13.3. The molecule has 0 saturated carbocycles. The summed E-state index contributed by atoms with van der Waals surface area (Å²) in [6.07, 6.45) is -3.34. The number of aliphatic carboxylic acids is 1. The van der Waals surface area contributed by atoms with E-state index in [9.17, 15) is 18.0 Å². The minimum Gasteiger partial charge on any atom is -0.475 e. The van der Waals surface area contributed by atoms with Gasteiger partial charge in [-0.25, -0.2) is 4.79 Å². The van der Waals surface area contributed by atoms with Gasteiger partial charge in [0, 0.05) is 36.8 Å². The number of pyridine rings is 1. The van der Waals surface area contributed by atoms with Crippen molar-refractivity contribution in [3.8, 4) is 11.5 Å². The zero-order chi connectivity index (χ0) is 26.7. The van der Waals surface area contributed by atoms with Gasteiger partial charge in [-0.3, -0.25) is 9.78 Å². The molecule has 4 heterocycles. The van der Waals surface area contributed by atoms with Crippen molar-refractivity contribution < 1.29 is 32.3 Å². The summed E-state index contributed by atoms with van der Waals surface area (Å²) in [5, 5.41) is 16.7. The Labute approximate surface area is 208 Å². The number of alkyl halides is 3. The highest BCUT2D eigenvalue weighted by Gasteiger charge is 2.38. The smallest absolute Gasteiger partial charge is 0.475 e. The molecule has 0 unspecified atom stereocenters. The predicted octanol–water partition coefficient (Wildman–Crippen LogP) is 3.44. The highest BCUT2D eigenvalue weighted by molar-refractivity contribution is 5.99. The molecule has 13 heteroatoms. The Balaban J connectivity index is 0.000000405. The van der Waals surface area contributed by atoms with Crippen LogP contribution in [0.5, 0.6) is 0 Å². The molecule has 0 fully saturated rings. The maximum Gasteiger partial charge on any atom is 0.490 e. The van der Waals surface area contributed by atoms with Crippen LogP contribution in [0.4, 0.5) is 13.2 Å². The Morgan fingerprint density at radius 3 is 2.43 bits per heavy atom. The first-order chi connectivity index (χ1) is 17.6. The van der Waals surface area contributed by atoms with Crippen LogP contribution >= 0.6 is 0 Å². The summed E-state index contributed by atoms with van der Waals surface area (Å²) < 4.78 is 39.8. The van der Waals surface area contributed by atoms with E-state index in [1.807, 2.05) is 66.0 Å². The van der Waals surface area contributed by atoms with Crippen LogP contribution < -0.4 is 0 Å². The third-order valence-corrected chi connectivity index (χ3v) is 5.54. The summed E-state index contributed by atoms with van der Waals surface area (Å²) in [6, 6.07) is 13.5. The molecule has 3 aromatic heterocycles. The number of rotatable bonds is 4. The van der Waals surface area contributed by atoms with Gasteiger partial charge in [0.15, 0.2) is 17.4 Å². The van der Waals surface area contributed by atoms with Gasteiger partial charge in [0.05, 0.1) is 6.54 Å². The Kier molecular flexibility index (Phi) is 7.25. The molecular weight excluding hydrogens is 493 g/mol. The summed E-state index contributed by atoms with van der Waals surface area (Å²) in [5.41, 5.74) is 2.43. The van der Waals surface area contributed by atoms with Gasteiger partial charge in [0.1, 0.15) is 11.3 Å². The number of halogens is 3. The Hall–Kier alpha value is -4.26. The third kappa shape index (κ3) is 5.61. The zero-order valence-corrected chi connectivity index (χ0v) is 19.9. The lowest BCUT2D eigenvalue weighted by Gasteiger charge is -2.27. The van der Waals surface area contributed by atoms with Crippen LogP contribution in [-0.2, 0) is 24.4 Å². The maximum atomic E-state index is 13.4. The van der Waals surface area contributed by atoms with Gasteiger partial charge in [-0.2, -0.15) is 13.2 Å². The Morgan fingerprint density at radius 2 is 1.78 bits per heavy atom. The minimum atomic E-state index is -5.08. The number of para-hydroxylation sites is 1. The number of hydrogen-bond acceptors (Lipinski definition) is 7. The van der Waals surface area contributed by atoms with Gasteiger partial charge in [0.2, 0.25) is 0 Å². The zero-order valence-electron chi connectivity index (χ0n) is 19.9. The van der Waals surface area contributed by atoms with Crippen molar-refractivity contribution in [2.24, 2.45) is 0 Å². The van der Waals surface area contributed by atoms with Crippen molar-refractivity contribution in [1.29, 1.82) is 0 Å². The number of carboxylic acids is 1. The molecule has 0 atom stereocenters. The molecule has 0 radical (unpaired) electrons. The molecule has 1 aliphatic heterocycles. The van der Waals surface area contributed by atoms with E-state index in [-0.39, 0.29) is 5.91 Å². The average Bonchev–Trinajstić information content (AvgIpc) is 3.45. The van der Waals surface area contributed by atoms with E-state index in [1.165, 1.54) is 0 Å². The molecule has 0 bridgehead atoms. The van der Waals surface area contributed by atoms with Crippen LogP contribution in [0.15, 0.2) is 53.1 Å². The second kappa shape index (κ2) is 10.4. The van der Waals surface area contributed by atoms with Crippen molar-refractivity contribution >= 4 is 22.8 Å².